The number of benzene rings is 1. The number of nitrogens with zero attached hydrogens (tertiary/aromatic N) is 3. The van der Waals surface area contributed by atoms with Crippen molar-refractivity contribution in [2.75, 3.05) is 44.2 Å². The molecule has 2 heterocycles. The minimum Gasteiger partial charge on any atom is -0.372 e. The second kappa shape index (κ2) is 11.4. The zero-order valence-electron chi connectivity index (χ0n) is 19.3. The summed E-state index contributed by atoms with van der Waals surface area (Å²) in [6.45, 7) is 17.9. The van der Waals surface area contributed by atoms with E-state index < -0.39 is 0 Å². The molecule has 3 rings (SSSR count). The lowest BCUT2D eigenvalue weighted by Crippen LogP contribution is -2.48. The van der Waals surface area contributed by atoms with Crippen LogP contribution in [0.2, 0.25) is 0 Å². The van der Waals surface area contributed by atoms with Crippen molar-refractivity contribution < 1.29 is 0 Å². The van der Waals surface area contributed by atoms with E-state index in [0.717, 1.165) is 50.9 Å². The fourth-order valence-corrected chi connectivity index (χ4v) is 4.38. The fraction of sp³-hybridized carbons (Fsp3) is 0.640. The van der Waals surface area contributed by atoms with Gasteiger partial charge in [0.1, 0.15) is 0 Å². The molecule has 0 aliphatic carbocycles. The van der Waals surface area contributed by atoms with Crippen molar-refractivity contribution in [2.45, 2.75) is 59.0 Å². The monoisotopic (exact) mass is 411 g/mol. The first-order valence-electron chi connectivity index (χ1n) is 11.8. The van der Waals surface area contributed by atoms with E-state index in [4.69, 9.17) is 4.99 Å². The van der Waals surface area contributed by atoms with Crippen LogP contribution in [0.1, 0.15) is 52.0 Å². The minimum atomic E-state index is 0.494. The summed E-state index contributed by atoms with van der Waals surface area (Å²) >= 11 is 0. The summed E-state index contributed by atoms with van der Waals surface area (Å²) < 4.78 is 0. The molecule has 2 fully saturated rings. The van der Waals surface area contributed by atoms with Crippen LogP contribution in [0.5, 0.6) is 0 Å². The molecule has 0 unspecified atom stereocenters. The standard InChI is InChI=1S/C25H41N5/c1-5-26-25(28-23-12-14-29(15-13-23)19-20(2)3)27-18-22-6-8-24(9-7-22)30-16-10-21(4)11-17-30/h6-9,21,23H,2,5,10-19H2,1,3-4H3,(H2,26,27,28). The van der Waals surface area contributed by atoms with E-state index >= 15 is 0 Å². The van der Waals surface area contributed by atoms with E-state index in [9.17, 15) is 0 Å². The highest BCUT2D eigenvalue weighted by Crippen LogP contribution is 2.23. The Morgan fingerprint density at radius 3 is 2.33 bits per heavy atom. The molecule has 0 radical (unpaired) electrons. The second-order valence-corrected chi connectivity index (χ2v) is 9.18. The summed E-state index contributed by atoms with van der Waals surface area (Å²) in [5, 5.41) is 7.06. The van der Waals surface area contributed by atoms with Crippen LogP contribution in [0.25, 0.3) is 0 Å². The molecule has 2 N–H and O–H groups in total. The summed E-state index contributed by atoms with van der Waals surface area (Å²) in [4.78, 5) is 9.86. The normalized spacial score (nSPS) is 19.7. The molecule has 0 saturated carbocycles. The Morgan fingerprint density at radius 2 is 1.73 bits per heavy atom. The number of aliphatic imine (C=N–C) groups is 1. The summed E-state index contributed by atoms with van der Waals surface area (Å²) in [5.41, 5.74) is 3.86. The number of hydrogen-bond acceptors (Lipinski definition) is 3. The number of piperidine rings is 2. The van der Waals surface area contributed by atoms with Crippen molar-refractivity contribution in [1.82, 2.24) is 15.5 Å². The molecule has 166 valence electrons. The Hall–Kier alpha value is -2.01. The molecule has 2 saturated heterocycles. The molecule has 2 aliphatic rings. The predicted molar refractivity (Wildman–Crippen MR) is 129 cm³/mol. The van der Waals surface area contributed by atoms with E-state index in [-0.39, 0.29) is 0 Å². The van der Waals surface area contributed by atoms with Crippen molar-refractivity contribution in [3.63, 3.8) is 0 Å². The number of rotatable bonds is 7. The van der Waals surface area contributed by atoms with Crippen LogP contribution in [0.4, 0.5) is 5.69 Å². The van der Waals surface area contributed by atoms with E-state index in [2.05, 4.69) is 72.0 Å². The number of likely N-dealkylation sites (tertiary alicyclic amines) is 1. The van der Waals surface area contributed by atoms with Crippen LogP contribution in [0.3, 0.4) is 0 Å². The van der Waals surface area contributed by atoms with Crippen LogP contribution in [-0.2, 0) is 6.54 Å². The Morgan fingerprint density at radius 1 is 1.07 bits per heavy atom. The van der Waals surface area contributed by atoms with E-state index in [0.29, 0.717) is 12.6 Å². The smallest absolute Gasteiger partial charge is 0.191 e. The van der Waals surface area contributed by atoms with Crippen LogP contribution in [0, 0.1) is 5.92 Å². The van der Waals surface area contributed by atoms with Crippen molar-refractivity contribution in [2.24, 2.45) is 10.9 Å². The maximum atomic E-state index is 4.85. The molecular formula is C25H41N5. The van der Waals surface area contributed by atoms with Crippen molar-refractivity contribution >= 4 is 11.6 Å². The highest BCUT2D eigenvalue weighted by molar-refractivity contribution is 5.80. The third-order valence-electron chi connectivity index (χ3n) is 6.27. The number of hydrogen-bond donors (Lipinski definition) is 2. The fourth-order valence-electron chi connectivity index (χ4n) is 4.38. The Bertz CT molecular complexity index is 680. The lowest BCUT2D eigenvalue weighted by atomic mass is 9.99. The van der Waals surface area contributed by atoms with Crippen LogP contribution in [0.15, 0.2) is 41.4 Å². The third kappa shape index (κ3) is 7.05. The molecule has 1 aromatic rings. The average molecular weight is 412 g/mol. The molecule has 0 amide bonds. The molecule has 1 aromatic carbocycles. The van der Waals surface area contributed by atoms with Gasteiger partial charge in [0.25, 0.3) is 0 Å². The second-order valence-electron chi connectivity index (χ2n) is 9.18. The van der Waals surface area contributed by atoms with Crippen molar-refractivity contribution in [1.29, 1.82) is 0 Å². The Kier molecular flexibility index (Phi) is 8.61. The average Bonchev–Trinajstić information content (AvgIpc) is 2.74. The maximum Gasteiger partial charge on any atom is 0.191 e. The number of guanidine groups is 1. The van der Waals surface area contributed by atoms with E-state index in [1.807, 2.05) is 0 Å². The van der Waals surface area contributed by atoms with Gasteiger partial charge in [-0.3, -0.25) is 4.90 Å². The maximum absolute atomic E-state index is 4.85. The van der Waals surface area contributed by atoms with Gasteiger partial charge in [0.05, 0.1) is 6.54 Å². The Labute approximate surface area is 183 Å². The molecule has 5 heteroatoms. The van der Waals surface area contributed by atoms with Gasteiger partial charge < -0.3 is 15.5 Å². The molecule has 5 nitrogen and oxygen atoms in total. The van der Waals surface area contributed by atoms with Crippen molar-refractivity contribution in [3.8, 4) is 0 Å². The van der Waals surface area contributed by atoms with Gasteiger partial charge in [0, 0.05) is 51.0 Å². The van der Waals surface area contributed by atoms with Gasteiger partial charge in [-0.25, -0.2) is 4.99 Å². The Balaban J connectivity index is 1.50. The van der Waals surface area contributed by atoms with Gasteiger partial charge in [0.2, 0.25) is 0 Å². The summed E-state index contributed by atoms with van der Waals surface area (Å²) in [6, 6.07) is 9.48. The first kappa shape index (κ1) is 22.7. The lowest BCUT2D eigenvalue weighted by molar-refractivity contribution is 0.221. The zero-order valence-corrected chi connectivity index (χ0v) is 19.3. The molecule has 2 aliphatic heterocycles. The predicted octanol–water partition coefficient (Wildman–Crippen LogP) is 4.02. The van der Waals surface area contributed by atoms with Crippen LogP contribution >= 0.6 is 0 Å². The molecule has 30 heavy (non-hydrogen) atoms. The summed E-state index contributed by atoms with van der Waals surface area (Å²) in [7, 11) is 0. The first-order valence-corrected chi connectivity index (χ1v) is 11.8. The van der Waals surface area contributed by atoms with Crippen LogP contribution < -0.4 is 15.5 Å². The molecule has 0 aromatic heterocycles. The molecular weight excluding hydrogens is 370 g/mol. The van der Waals surface area contributed by atoms with Gasteiger partial charge in [-0.15, -0.1) is 0 Å². The van der Waals surface area contributed by atoms with Gasteiger partial charge >= 0.3 is 0 Å². The number of nitrogens with one attached hydrogen (secondary N) is 2. The third-order valence-corrected chi connectivity index (χ3v) is 6.27. The van der Waals surface area contributed by atoms with Crippen LogP contribution in [-0.4, -0.2) is 56.2 Å². The quantitative estimate of drug-likeness (QED) is 0.404. The largest absolute Gasteiger partial charge is 0.372 e. The van der Waals surface area contributed by atoms with E-state index in [1.54, 1.807) is 0 Å². The van der Waals surface area contributed by atoms with Gasteiger partial charge in [-0.05, 0) is 63.1 Å². The summed E-state index contributed by atoms with van der Waals surface area (Å²) in [5.74, 6) is 1.80. The zero-order chi connectivity index (χ0) is 21.3. The highest BCUT2D eigenvalue weighted by atomic mass is 15.2. The van der Waals surface area contributed by atoms with Gasteiger partial charge in [0.15, 0.2) is 5.96 Å². The van der Waals surface area contributed by atoms with Crippen molar-refractivity contribution in [3.05, 3.63) is 42.0 Å². The molecule has 0 spiro atoms. The van der Waals surface area contributed by atoms with Gasteiger partial charge in [-0.1, -0.05) is 31.2 Å². The number of anilines is 1. The molecule has 0 atom stereocenters. The summed E-state index contributed by atoms with van der Waals surface area (Å²) in [6.07, 6.45) is 4.91. The minimum absolute atomic E-state index is 0.494. The first-order chi connectivity index (χ1) is 14.5. The SMILES string of the molecule is C=C(C)CN1CCC(NC(=NCc2ccc(N3CCC(C)CC3)cc2)NCC)CC1. The lowest BCUT2D eigenvalue weighted by Gasteiger charge is -2.33. The van der Waals surface area contributed by atoms with Gasteiger partial charge in [-0.2, -0.15) is 0 Å². The molecule has 0 bridgehead atoms. The highest BCUT2D eigenvalue weighted by Gasteiger charge is 2.20. The topological polar surface area (TPSA) is 42.9 Å². The van der Waals surface area contributed by atoms with E-state index in [1.165, 1.54) is 42.8 Å².